The van der Waals surface area contributed by atoms with Crippen LogP contribution in [0.1, 0.15) is 66.7 Å². The molecular weight excluding hydrogens is 272 g/mol. The molecule has 2 aliphatic carbocycles. The van der Waals surface area contributed by atoms with Crippen molar-refractivity contribution < 1.29 is 10.2 Å². The summed E-state index contributed by atoms with van der Waals surface area (Å²) >= 11 is 0. The molecule has 2 aliphatic rings. The first-order valence-corrected chi connectivity index (χ1v) is 8.76. The average molecular weight is 306 g/mol. The van der Waals surface area contributed by atoms with Crippen LogP contribution in [0.3, 0.4) is 0 Å². The first-order valence-electron chi connectivity index (χ1n) is 8.76. The molecule has 0 aromatic rings. The van der Waals surface area contributed by atoms with Gasteiger partial charge in [-0.3, -0.25) is 0 Å². The topological polar surface area (TPSA) is 40.5 Å². The van der Waals surface area contributed by atoms with Gasteiger partial charge in [0.15, 0.2) is 0 Å². The second kappa shape index (κ2) is 5.79. The van der Waals surface area contributed by atoms with Gasteiger partial charge in [0.2, 0.25) is 0 Å². The van der Waals surface area contributed by atoms with Gasteiger partial charge in [-0.05, 0) is 56.3 Å². The maximum Gasteiger partial charge on any atom is 0.0787 e. The van der Waals surface area contributed by atoms with Crippen molar-refractivity contribution in [3.05, 3.63) is 24.3 Å². The summed E-state index contributed by atoms with van der Waals surface area (Å²) in [5.74, 6) is 0.444. The predicted octanol–water partition coefficient (Wildman–Crippen LogP) is 4.47. The van der Waals surface area contributed by atoms with Crippen LogP contribution in [0.5, 0.6) is 0 Å². The molecule has 5 atom stereocenters. The molecule has 0 aromatic heterocycles. The lowest BCUT2D eigenvalue weighted by atomic mass is 9.45. The fourth-order valence-corrected chi connectivity index (χ4v) is 5.75. The van der Waals surface area contributed by atoms with Crippen molar-refractivity contribution in [1.82, 2.24) is 0 Å². The minimum atomic E-state index is -0.809. The lowest BCUT2D eigenvalue weighted by Gasteiger charge is -2.62. The highest BCUT2D eigenvalue weighted by Crippen LogP contribution is 2.62. The molecule has 0 saturated heterocycles. The zero-order valence-corrected chi connectivity index (χ0v) is 15.0. The number of aliphatic hydroxyl groups excluding tert-OH is 1. The SMILES string of the molecule is C=C/C(C)=C/C(O)[C@@H]1[C@@]2(C)CCCC(C)(C)[C@@H]2CC[C@@]1(C)O. The largest absolute Gasteiger partial charge is 0.390 e. The van der Waals surface area contributed by atoms with Crippen LogP contribution in [0.25, 0.3) is 0 Å². The second-order valence-electron chi connectivity index (χ2n) is 8.88. The molecule has 0 heterocycles. The Morgan fingerprint density at radius 3 is 2.41 bits per heavy atom. The number of hydrogen-bond donors (Lipinski definition) is 2. The summed E-state index contributed by atoms with van der Waals surface area (Å²) in [6.45, 7) is 14.7. The molecule has 0 aromatic carbocycles. The summed E-state index contributed by atoms with van der Waals surface area (Å²) < 4.78 is 0. The Hall–Kier alpha value is -0.600. The highest BCUT2D eigenvalue weighted by Gasteiger charge is 2.59. The van der Waals surface area contributed by atoms with Crippen molar-refractivity contribution in [2.75, 3.05) is 0 Å². The van der Waals surface area contributed by atoms with E-state index in [1.807, 2.05) is 19.9 Å². The Labute approximate surface area is 136 Å². The van der Waals surface area contributed by atoms with Crippen LogP contribution in [0.2, 0.25) is 0 Å². The molecule has 2 saturated carbocycles. The fourth-order valence-electron chi connectivity index (χ4n) is 5.75. The monoisotopic (exact) mass is 306 g/mol. The second-order valence-corrected chi connectivity index (χ2v) is 8.88. The summed E-state index contributed by atoms with van der Waals surface area (Å²) in [5, 5.41) is 22.0. The van der Waals surface area contributed by atoms with Crippen LogP contribution in [-0.2, 0) is 0 Å². The smallest absolute Gasteiger partial charge is 0.0787 e. The molecule has 126 valence electrons. The lowest BCUT2D eigenvalue weighted by Crippen LogP contribution is -2.60. The number of hydrogen-bond acceptors (Lipinski definition) is 2. The Kier molecular flexibility index (Phi) is 4.68. The third-order valence-electron chi connectivity index (χ3n) is 6.69. The zero-order valence-electron chi connectivity index (χ0n) is 15.0. The van der Waals surface area contributed by atoms with Gasteiger partial charge >= 0.3 is 0 Å². The Morgan fingerprint density at radius 1 is 1.18 bits per heavy atom. The summed E-state index contributed by atoms with van der Waals surface area (Å²) in [7, 11) is 0. The molecule has 0 spiro atoms. The van der Waals surface area contributed by atoms with Gasteiger partial charge < -0.3 is 10.2 Å². The van der Waals surface area contributed by atoms with Crippen molar-refractivity contribution >= 4 is 0 Å². The standard InChI is InChI=1S/C20H34O2/c1-7-14(2)13-15(21)17-19(5)11-8-10-18(3,4)16(19)9-12-20(17,6)22/h7,13,15-17,21-22H,1,8-12H2,2-6H3/b14-13+/t15?,16-,17+,19-,20+/m0/s1. The quantitative estimate of drug-likeness (QED) is 0.755. The lowest BCUT2D eigenvalue weighted by molar-refractivity contribution is -0.191. The molecule has 1 unspecified atom stereocenters. The van der Waals surface area contributed by atoms with Gasteiger partial charge in [0.25, 0.3) is 0 Å². The van der Waals surface area contributed by atoms with Crippen molar-refractivity contribution in [2.24, 2.45) is 22.7 Å². The molecule has 2 nitrogen and oxygen atoms in total. The van der Waals surface area contributed by atoms with Gasteiger partial charge in [0, 0.05) is 5.92 Å². The molecule has 0 amide bonds. The summed E-state index contributed by atoms with van der Waals surface area (Å²) in [4.78, 5) is 0. The van der Waals surface area contributed by atoms with Crippen LogP contribution in [0, 0.1) is 22.7 Å². The van der Waals surface area contributed by atoms with Crippen LogP contribution in [0.15, 0.2) is 24.3 Å². The average Bonchev–Trinajstić information content (AvgIpc) is 2.35. The summed E-state index contributed by atoms with van der Waals surface area (Å²) in [6.07, 6.45) is 8.40. The van der Waals surface area contributed by atoms with Gasteiger partial charge in [0.05, 0.1) is 11.7 Å². The molecule has 0 radical (unpaired) electrons. The fraction of sp³-hybridized carbons (Fsp3) is 0.800. The van der Waals surface area contributed by atoms with Crippen molar-refractivity contribution in [2.45, 2.75) is 78.4 Å². The summed E-state index contributed by atoms with van der Waals surface area (Å²) in [6, 6.07) is 0. The van der Waals surface area contributed by atoms with E-state index >= 15 is 0 Å². The third kappa shape index (κ3) is 2.92. The molecule has 0 bridgehead atoms. The van der Waals surface area contributed by atoms with Gasteiger partial charge in [0.1, 0.15) is 0 Å². The Morgan fingerprint density at radius 2 is 1.82 bits per heavy atom. The number of allylic oxidation sites excluding steroid dienone is 2. The van der Waals surface area contributed by atoms with Crippen LogP contribution >= 0.6 is 0 Å². The van der Waals surface area contributed by atoms with E-state index in [1.165, 1.54) is 12.8 Å². The van der Waals surface area contributed by atoms with E-state index in [1.54, 1.807) is 6.08 Å². The van der Waals surface area contributed by atoms with E-state index in [2.05, 4.69) is 27.4 Å². The normalized spacial score (nSPS) is 43.3. The number of fused-ring (bicyclic) bond motifs is 1. The van der Waals surface area contributed by atoms with E-state index in [9.17, 15) is 10.2 Å². The van der Waals surface area contributed by atoms with Crippen molar-refractivity contribution in [3.63, 3.8) is 0 Å². The van der Waals surface area contributed by atoms with E-state index in [0.29, 0.717) is 11.3 Å². The van der Waals surface area contributed by atoms with E-state index < -0.39 is 11.7 Å². The van der Waals surface area contributed by atoms with Gasteiger partial charge in [-0.15, -0.1) is 0 Å². The third-order valence-corrected chi connectivity index (χ3v) is 6.69. The van der Waals surface area contributed by atoms with Crippen LogP contribution in [0.4, 0.5) is 0 Å². The Balaban J connectivity index is 2.44. The minimum absolute atomic E-state index is 0.0130. The number of rotatable bonds is 3. The van der Waals surface area contributed by atoms with Gasteiger partial charge in [-0.1, -0.05) is 51.5 Å². The maximum atomic E-state index is 11.0. The summed E-state index contributed by atoms with van der Waals surface area (Å²) in [5.41, 5.74) is 0.444. The molecule has 2 N–H and O–H groups in total. The van der Waals surface area contributed by atoms with E-state index in [-0.39, 0.29) is 11.3 Å². The van der Waals surface area contributed by atoms with Crippen LogP contribution in [-0.4, -0.2) is 21.9 Å². The number of aliphatic hydroxyl groups is 2. The highest BCUT2D eigenvalue weighted by atomic mass is 16.3. The molecular formula is C20H34O2. The van der Waals surface area contributed by atoms with E-state index in [4.69, 9.17) is 0 Å². The van der Waals surface area contributed by atoms with E-state index in [0.717, 1.165) is 24.8 Å². The molecule has 2 heteroatoms. The first-order chi connectivity index (χ1) is 10.0. The molecule has 2 rings (SSSR count). The van der Waals surface area contributed by atoms with Crippen LogP contribution < -0.4 is 0 Å². The van der Waals surface area contributed by atoms with Crippen molar-refractivity contribution in [1.29, 1.82) is 0 Å². The zero-order chi connectivity index (χ0) is 16.8. The minimum Gasteiger partial charge on any atom is -0.390 e. The molecule has 22 heavy (non-hydrogen) atoms. The predicted molar refractivity (Wildman–Crippen MR) is 92.5 cm³/mol. The molecule has 2 fully saturated rings. The highest BCUT2D eigenvalue weighted by molar-refractivity contribution is 5.19. The van der Waals surface area contributed by atoms with Gasteiger partial charge in [-0.2, -0.15) is 0 Å². The first kappa shape index (κ1) is 17.7. The van der Waals surface area contributed by atoms with Crippen molar-refractivity contribution in [3.8, 4) is 0 Å². The Bertz CT molecular complexity index is 460. The van der Waals surface area contributed by atoms with Gasteiger partial charge in [-0.25, -0.2) is 0 Å². The molecule has 0 aliphatic heterocycles. The maximum absolute atomic E-state index is 11.0.